The summed E-state index contributed by atoms with van der Waals surface area (Å²) >= 11 is 7.61. The van der Waals surface area contributed by atoms with Crippen LogP contribution in [0.1, 0.15) is 21.5 Å². The third kappa shape index (κ3) is 5.51. The first-order valence-corrected chi connectivity index (χ1v) is 9.32. The molecule has 0 aliphatic carbocycles. The number of benzene rings is 2. The van der Waals surface area contributed by atoms with Gasteiger partial charge in [-0.05, 0) is 35.9 Å². The molecule has 2 aromatic carbocycles. The van der Waals surface area contributed by atoms with Crippen LogP contribution in [0.5, 0.6) is 0 Å². The highest BCUT2D eigenvalue weighted by atomic mass is 35.5. The fraction of sp³-hybridized carbons (Fsp3) is 0.211. The number of hydrogen-bond acceptors (Lipinski definition) is 4. The summed E-state index contributed by atoms with van der Waals surface area (Å²) in [5.41, 5.74) is 2.61. The van der Waals surface area contributed by atoms with Crippen LogP contribution in [-0.2, 0) is 10.5 Å². The number of hydrogen-bond donors (Lipinski definition) is 1. The van der Waals surface area contributed by atoms with Crippen LogP contribution in [-0.4, -0.2) is 36.6 Å². The number of nitrogens with one attached hydrogen (secondary N) is 1. The van der Waals surface area contributed by atoms with E-state index >= 15 is 0 Å². The van der Waals surface area contributed by atoms with Crippen LogP contribution in [0.4, 0.5) is 5.69 Å². The predicted molar refractivity (Wildman–Crippen MR) is 105 cm³/mol. The van der Waals surface area contributed by atoms with Crippen molar-refractivity contribution in [1.29, 1.82) is 5.26 Å². The van der Waals surface area contributed by atoms with Gasteiger partial charge in [-0.3, -0.25) is 9.59 Å². The third-order valence-electron chi connectivity index (χ3n) is 3.47. The lowest BCUT2D eigenvalue weighted by Crippen LogP contribution is -2.22. The molecule has 0 aliphatic heterocycles. The van der Waals surface area contributed by atoms with Crippen molar-refractivity contribution in [2.75, 3.05) is 25.2 Å². The number of carbonyl (C=O) groups is 2. The number of nitrogens with zero attached hydrogens (tertiary/aromatic N) is 2. The van der Waals surface area contributed by atoms with Crippen LogP contribution < -0.4 is 5.32 Å². The first-order valence-electron chi connectivity index (χ1n) is 7.78. The van der Waals surface area contributed by atoms with E-state index in [4.69, 9.17) is 16.9 Å². The molecular formula is C19H18ClN3O2S. The van der Waals surface area contributed by atoms with Crippen LogP contribution in [0.2, 0.25) is 5.02 Å². The van der Waals surface area contributed by atoms with Crippen LogP contribution in [0.3, 0.4) is 0 Å². The van der Waals surface area contributed by atoms with Gasteiger partial charge in [0.05, 0.1) is 28.0 Å². The Morgan fingerprint density at radius 3 is 2.46 bits per heavy atom. The summed E-state index contributed by atoms with van der Waals surface area (Å²) < 4.78 is 0. The van der Waals surface area contributed by atoms with Gasteiger partial charge in [-0.25, -0.2) is 0 Å². The highest BCUT2D eigenvalue weighted by Gasteiger charge is 2.13. The second kappa shape index (κ2) is 9.27. The third-order valence-corrected chi connectivity index (χ3v) is 4.79. The Balaban J connectivity index is 1.86. The van der Waals surface area contributed by atoms with Crippen molar-refractivity contribution in [3.8, 4) is 6.07 Å². The van der Waals surface area contributed by atoms with Gasteiger partial charge in [0.15, 0.2) is 0 Å². The Morgan fingerprint density at radius 2 is 1.88 bits per heavy atom. The molecule has 26 heavy (non-hydrogen) atoms. The number of amides is 2. The molecule has 2 rings (SSSR count). The van der Waals surface area contributed by atoms with E-state index in [9.17, 15) is 9.59 Å². The molecule has 134 valence electrons. The average molecular weight is 388 g/mol. The molecule has 1 N–H and O–H groups in total. The molecule has 2 aromatic rings. The lowest BCUT2D eigenvalue weighted by molar-refractivity contribution is -0.113. The second-order valence-corrected chi connectivity index (χ2v) is 7.14. The van der Waals surface area contributed by atoms with Gasteiger partial charge in [0.2, 0.25) is 5.91 Å². The standard InChI is InChI=1S/C19H18ClN3O2S/c1-23(2)19(25)16-8-7-15(9-17(16)20)22-18(24)12-26-11-14-5-3-13(10-21)4-6-14/h3-9H,11-12H2,1-2H3,(H,22,24). The SMILES string of the molecule is CN(C)C(=O)c1ccc(NC(=O)CSCc2ccc(C#N)cc2)cc1Cl. The molecular weight excluding hydrogens is 370 g/mol. The number of rotatable bonds is 6. The predicted octanol–water partition coefficient (Wildman–Crippen LogP) is 3.79. The molecule has 7 heteroatoms. The van der Waals surface area contributed by atoms with Crippen molar-refractivity contribution in [2.45, 2.75) is 5.75 Å². The normalized spacial score (nSPS) is 10.1. The number of halogens is 1. The first-order chi connectivity index (χ1) is 12.4. The van der Waals surface area contributed by atoms with E-state index in [1.807, 2.05) is 12.1 Å². The molecule has 0 heterocycles. The maximum Gasteiger partial charge on any atom is 0.254 e. The summed E-state index contributed by atoms with van der Waals surface area (Å²) in [4.78, 5) is 25.4. The molecule has 0 aliphatic rings. The highest BCUT2D eigenvalue weighted by molar-refractivity contribution is 7.99. The van der Waals surface area contributed by atoms with Gasteiger partial charge >= 0.3 is 0 Å². The lowest BCUT2D eigenvalue weighted by atomic mass is 10.2. The molecule has 0 fully saturated rings. The van der Waals surface area contributed by atoms with Crippen molar-refractivity contribution < 1.29 is 9.59 Å². The van der Waals surface area contributed by atoms with E-state index in [1.165, 1.54) is 16.7 Å². The Morgan fingerprint density at radius 1 is 1.19 bits per heavy atom. The molecule has 5 nitrogen and oxygen atoms in total. The molecule has 0 saturated carbocycles. The molecule has 0 spiro atoms. The molecule has 0 bridgehead atoms. The largest absolute Gasteiger partial charge is 0.345 e. The first kappa shape index (κ1) is 19.8. The molecule has 0 atom stereocenters. The van der Waals surface area contributed by atoms with Crippen molar-refractivity contribution >= 4 is 40.9 Å². The smallest absolute Gasteiger partial charge is 0.254 e. The summed E-state index contributed by atoms with van der Waals surface area (Å²) in [6.07, 6.45) is 0. The zero-order valence-corrected chi connectivity index (χ0v) is 16.0. The van der Waals surface area contributed by atoms with Crippen LogP contribution in [0, 0.1) is 11.3 Å². The van der Waals surface area contributed by atoms with Crippen molar-refractivity contribution in [2.24, 2.45) is 0 Å². The topological polar surface area (TPSA) is 73.2 Å². The Labute approximate surface area is 161 Å². The Hall–Kier alpha value is -2.49. The lowest BCUT2D eigenvalue weighted by Gasteiger charge is -2.12. The van der Waals surface area contributed by atoms with Gasteiger partial charge in [0, 0.05) is 25.5 Å². The highest BCUT2D eigenvalue weighted by Crippen LogP contribution is 2.22. The minimum Gasteiger partial charge on any atom is -0.345 e. The molecule has 0 radical (unpaired) electrons. The second-order valence-electron chi connectivity index (χ2n) is 5.74. The minimum absolute atomic E-state index is 0.147. The van der Waals surface area contributed by atoms with E-state index in [-0.39, 0.29) is 17.6 Å². The van der Waals surface area contributed by atoms with Gasteiger partial charge in [0.1, 0.15) is 0 Å². The maximum atomic E-state index is 12.0. The van der Waals surface area contributed by atoms with Gasteiger partial charge in [0.25, 0.3) is 5.91 Å². The Bertz CT molecular complexity index is 845. The van der Waals surface area contributed by atoms with Crippen LogP contribution in [0.25, 0.3) is 0 Å². The van der Waals surface area contributed by atoms with Crippen molar-refractivity contribution in [1.82, 2.24) is 4.90 Å². The van der Waals surface area contributed by atoms with E-state index in [0.29, 0.717) is 27.6 Å². The van der Waals surface area contributed by atoms with E-state index in [2.05, 4.69) is 11.4 Å². The van der Waals surface area contributed by atoms with E-state index in [0.717, 1.165) is 5.56 Å². The number of nitriles is 1. The fourth-order valence-corrected chi connectivity index (χ4v) is 3.19. The molecule has 0 saturated heterocycles. The van der Waals surface area contributed by atoms with Gasteiger partial charge in [-0.15, -0.1) is 11.8 Å². The number of anilines is 1. The van der Waals surface area contributed by atoms with Crippen molar-refractivity contribution in [3.05, 3.63) is 64.2 Å². The average Bonchev–Trinajstić information content (AvgIpc) is 2.62. The summed E-state index contributed by atoms with van der Waals surface area (Å²) in [6, 6.07) is 14.2. The fourth-order valence-electron chi connectivity index (χ4n) is 2.14. The minimum atomic E-state index is -0.189. The monoisotopic (exact) mass is 387 g/mol. The maximum absolute atomic E-state index is 12.0. The van der Waals surface area contributed by atoms with Gasteiger partial charge in [-0.1, -0.05) is 23.7 Å². The zero-order chi connectivity index (χ0) is 19.1. The summed E-state index contributed by atoms with van der Waals surface area (Å²) in [5.74, 6) is 0.629. The van der Waals surface area contributed by atoms with Gasteiger partial charge in [-0.2, -0.15) is 5.26 Å². The molecule has 2 amide bonds. The van der Waals surface area contributed by atoms with Crippen LogP contribution in [0.15, 0.2) is 42.5 Å². The molecule has 0 aromatic heterocycles. The quantitative estimate of drug-likeness (QED) is 0.818. The Kier molecular flexibility index (Phi) is 7.07. The van der Waals surface area contributed by atoms with Gasteiger partial charge < -0.3 is 10.2 Å². The zero-order valence-electron chi connectivity index (χ0n) is 14.5. The summed E-state index contributed by atoms with van der Waals surface area (Å²) in [5, 5.41) is 11.8. The number of carbonyl (C=O) groups excluding carboxylic acids is 2. The van der Waals surface area contributed by atoms with Crippen molar-refractivity contribution in [3.63, 3.8) is 0 Å². The van der Waals surface area contributed by atoms with E-state index in [1.54, 1.807) is 44.4 Å². The van der Waals surface area contributed by atoms with Crippen LogP contribution >= 0.6 is 23.4 Å². The number of thioether (sulfide) groups is 1. The summed E-state index contributed by atoms with van der Waals surface area (Å²) in [7, 11) is 3.30. The summed E-state index contributed by atoms with van der Waals surface area (Å²) in [6.45, 7) is 0. The van der Waals surface area contributed by atoms with E-state index < -0.39 is 0 Å². The molecule has 0 unspecified atom stereocenters.